The Labute approximate surface area is 117 Å². The summed E-state index contributed by atoms with van der Waals surface area (Å²) in [6.07, 6.45) is 4.14. The molecule has 0 aromatic heterocycles. The number of hydrogen-bond acceptors (Lipinski definition) is 1. The number of rotatable bonds is 3. The van der Waals surface area contributed by atoms with Crippen LogP contribution in [0, 0.1) is 11.6 Å². The molecular weight excluding hydrogens is 256 g/mol. The SMILES string of the molecule is NC(Cc1ccc2c(c1)CCC2)c1ccc(F)c(F)c1. The molecule has 0 fully saturated rings. The molecule has 2 aromatic rings. The highest BCUT2D eigenvalue weighted by molar-refractivity contribution is 5.36. The minimum absolute atomic E-state index is 0.315. The fourth-order valence-corrected chi connectivity index (χ4v) is 2.87. The van der Waals surface area contributed by atoms with Gasteiger partial charge >= 0.3 is 0 Å². The second kappa shape index (κ2) is 5.33. The molecule has 0 bridgehead atoms. The van der Waals surface area contributed by atoms with Gasteiger partial charge in [0.15, 0.2) is 11.6 Å². The van der Waals surface area contributed by atoms with Gasteiger partial charge in [-0.2, -0.15) is 0 Å². The van der Waals surface area contributed by atoms with Gasteiger partial charge < -0.3 is 5.73 Å². The summed E-state index contributed by atoms with van der Waals surface area (Å²) in [6, 6.07) is 10.0. The maximum absolute atomic E-state index is 13.2. The van der Waals surface area contributed by atoms with E-state index in [2.05, 4.69) is 18.2 Å². The molecule has 104 valence electrons. The molecule has 1 unspecified atom stereocenters. The topological polar surface area (TPSA) is 26.0 Å². The van der Waals surface area contributed by atoms with Crippen molar-refractivity contribution in [3.05, 3.63) is 70.3 Å². The summed E-state index contributed by atoms with van der Waals surface area (Å²) in [4.78, 5) is 0. The van der Waals surface area contributed by atoms with E-state index in [-0.39, 0.29) is 6.04 Å². The van der Waals surface area contributed by atoms with Crippen LogP contribution in [0.2, 0.25) is 0 Å². The molecule has 0 saturated heterocycles. The van der Waals surface area contributed by atoms with Crippen LogP contribution in [0.25, 0.3) is 0 Å². The molecule has 0 spiro atoms. The number of aryl methyl sites for hydroxylation is 2. The lowest BCUT2D eigenvalue weighted by Crippen LogP contribution is -2.14. The molecule has 1 aliphatic carbocycles. The highest BCUT2D eigenvalue weighted by Gasteiger charge is 2.14. The van der Waals surface area contributed by atoms with E-state index >= 15 is 0 Å². The van der Waals surface area contributed by atoms with E-state index in [0.29, 0.717) is 12.0 Å². The van der Waals surface area contributed by atoms with Gasteiger partial charge in [0.25, 0.3) is 0 Å². The quantitative estimate of drug-likeness (QED) is 0.906. The van der Waals surface area contributed by atoms with Crippen molar-refractivity contribution in [3.63, 3.8) is 0 Å². The summed E-state index contributed by atoms with van der Waals surface area (Å²) in [7, 11) is 0. The highest BCUT2D eigenvalue weighted by Crippen LogP contribution is 2.25. The van der Waals surface area contributed by atoms with Gasteiger partial charge in [-0.25, -0.2) is 8.78 Å². The predicted molar refractivity (Wildman–Crippen MR) is 75.5 cm³/mol. The molecule has 0 heterocycles. The summed E-state index contributed by atoms with van der Waals surface area (Å²) < 4.78 is 26.2. The Hall–Kier alpha value is -1.74. The lowest BCUT2D eigenvalue weighted by atomic mass is 9.97. The Kier molecular flexibility index (Phi) is 3.53. The maximum Gasteiger partial charge on any atom is 0.159 e. The van der Waals surface area contributed by atoms with E-state index in [4.69, 9.17) is 5.73 Å². The van der Waals surface area contributed by atoms with Crippen LogP contribution in [0.1, 0.15) is 34.7 Å². The molecule has 20 heavy (non-hydrogen) atoms. The van der Waals surface area contributed by atoms with Gasteiger partial charge in [-0.15, -0.1) is 0 Å². The third-order valence-electron chi connectivity index (χ3n) is 3.99. The lowest BCUT2D eigenvalue weighted by Gasteiger charge is -2.13. The van der Waals surface area contributed by atoms with Crippen molar-refractivity contribution >= 4 is 0 Å². The van der Waals surface area contributed by atoms with Gasteiger partial charge in [-0.05, 0) is 60.1 Å². The van der Waals surface area contributed by atoms with Crippen LogP contribution in [-0.2, 0) is 19.3 Å². The van der Waals surface area contributed by atoms with Crippen molar-refractivity contribution in [2.75, 3.05) is 0 Å². The van der Waals surface area contributed by atoms with Crippen LogP contribution in [-0.4, -0.2) is 0 Å². The van der Waals surface area contributed by atoms with Crippen LogP contribution in [0.15, 0.2) is 36.4 Å². The number of hydrogen-bond donors (Lipinski definition) is 1. The molecule has 2 aromatic carbocycles. The zero-order chi connectivity index (χ0) is 14.1. The number of fused-ring (bicyclic) bond motifs is 1. The average Bonchev–Trinajstić information content (AvgIpc) is 2.89. The molecule has 0 amide bonds. The van der Waals surface area contributed by atoms with Crippen LogP contribution < -0.4 is 5.73 Å². The number of nitrogens with two attached hydrogens (primary N) is 1. The van der Waals surface area contributed by atoms with Crippen LogP contribution >= 0.6 is 0 Å². The highest BCUT2D eigenvalue weighted by atomic mass is 19.2. The summed E-state index contributed by atoms with van der Waals surface area (Å²) >= 11 is 0. The van der Waals surface area contributed by atoms with Crippen molar-refractivity contribution in [1.29, 1.82) is 0 Å². The summed E-state index contributed by atoms with van der Waals surface area (Å²) in [5.41, 5.74) is 10.7. The van der Waals surface area contributed by atoms with Gasteiger partial charge in [0.1, 0.15) is 0 Å². The van der Waals surface area contributed by atoms with Gasteiger partial charge in [0.2, 0.25) is 0 Å². The average molecular weight is 273 g/mol. The standard InChI is InChI=1S/C17H17F2N/c18-15-7-6-14(10-16(15)19)17(20)9-11-4-5-12-2-1-3-13(12)8-11/h4-8,10,17H,1-3,9,20H2. The second-order valence-electron chi connectivity index (χ2n) is 5.44. The Morgan fingerprint density at radius 3 is 2.55 bits per heavy atom. The lowest BCUT2D eigenvalue weighted by molar-refractivity contribution is 0.505. The van der Waals surface area contributed by atoms with Crippen LogP contribution in [0.5, 0.6) is 0 Å². The van der Waals surface area contributed by atoms with Crippen molar-refractivity contribution in [2.24, 2.45) is 5.73 Å². The van der Waals surface area contributed by atoms with Crippen molar-refractivity contribution in [1.82, 2.24) is 0 Å². The van der Waals surface area contributed by atoms with Crippen molar-refractivity contribution in [2.45, 2.75) is 31.7 Å². The first kappa shape index (κ1) is 13.3. The van der Waals surface area contributed by atoms with E-state index in [1.165, 1.54) is 23.6 Å². The zero-order valence-corrected chi connectivity index (χ0v) is 11.2. The molecular formula is C17H17F2N. The monoisotopic (exact) mass is 273 g/mol. The van der Waals surface area contributed by atoms with Gasteiger partial charge in [0.05, 0.1) is 0 Å². The minimum atomic E-state index is -0.841. The third-order valence-corrected chi connectivity index (χ3v) is 3.99. The minimum Gasteiger partial charge on any atom is -0.324 e. The smallest absolute Gasteiger partial charge is 0.159 e. The first-order valence-corrected chi connectivity index (χ1v) is 6.94. The molecule has 0 saturated carbocycles. The molecule has 0 radical (unpaired) electrons. The molecule has 1 atom stereocenters. The Bertz CT molecular complexity index is 637. The largest absolute Gasteiger partial charge is 0.324 e. The van der Waals surface area contributed by atoms with E-state index in [1.807, 2.05) is 0 Å². The predicted octanol–water partition coefficient (Wildman–Crippen LogP) is 3.70. The first-order chi connectivity index (χ1) is 9.63. The summed E-state index contributed by atoms with van der Waals surface area (Å²) in [6.45, 7) is 0. The van der Waals surface area contributed by atoms with E-state index in [1.54, 1.807) is 6.07 Å². The molecule has 3 rings (SSSR count). The molecule has 2 N–H and O–H groups in total. The first-order valence-electron chi connectivity index (χ1n) is 6.94. The Morgan fingerprint density at radius 2 is 1.75 bits per heavy atom. The van der Waals surface area contributed by atoms with Crippen molar-refractivity contribution in [3.8, 4) is 0 Å². The van der Waals surface area contributed by atoms with Gasteiger partial charge in [-0.1, -0.05) is 24.3 Å². The molecule has 3 heteroatoms. The summed E-state index contributed by atoms with van der Waals surface area (Å²) in [5, 5.41) is 0. The Balaban J connectivity index is 1.78. The fraction of sp³-hybridized carbons (Fsp3) is 0.294. The van der Waals surface area contributed by atoms with E-state index in [0.717, 1.165) is 24.5 Å². The molecule has 1 nitrogen and oxygen atoms in total. The van der Waals surface area contributed by atoms with Crippen molar-refractivity contribution < 1.29 is 8.78 Å². The van der Waals surface area contributed by atoms with Crippen LogP contribution in [0.3, 0.4) is 0 Å². The Morgan fingerprint density at radius 1 is 0.950 bits per heavy atom. The normalized spacial score (nSPS) is 15.2. The second-order valence-corrected chi connectivity index (χ2v) is 5.44. The van der Waals surface area contributed by atoms with Gasteiger partial charge in [0, 0.05) is 6.04 Å². The van der Waals surface area contributed by atoms with Gasteiger partial charge in [-0.3, -0.25) is 0 Å². The van der Waals surface area contributed by atoms with E-state index in [9.17, 15) is 8.78 Å². The summed E-state index contributed by atoms with van der Waals surface area (Å²) in [5.74, 6) is -1.68. The molecule has 0 aliphatic heterocycles. The fourth-order valence-electron chi connectivity index (χ4n) is 2.87. The zero-order valence-electron chi connectivity index (χ0n) is 11.2. The van der Waals surface area contributed by atoms with Crippen LogP contribution in [0.4, 0.5) is 8.78 Å². The number of benzene rings is 2. The van der Waals surface area contributed by atoms with E-state index < -0.39 is 11.6 Å². The molecule has 1 aliphatic rings. The third kappa shape index (κ3) is 2.59. The maximum atomic E-state index is 13.2. The number of halogens is 2.